The largest absolute Gasteiger partial charge is 0.505 e. The smallest absolute Gasteiger partial charge is 0.273 e. The van der Waals surface area contributed by atoms with Gasteiger partial charge in [-0.05, 0) is 37.1 Å². The van der Waals surface area contributed by atoms with Gasteiger partial charge in [0.25, 0.3) is 5.91 Å². The Balaban J connectivity index is 1.88. The van der Waals surface area contributed by atoms with E-state index < -0.39 is 17.5 Å². The van der Waals surface area contributed by atoms with E-state index in [0.717, 1.165) is 31.7 Å². The van der Waals surface area contributed by atoms with Gasteiger partial charge < -0.3 is 14.9 Å². The van der Waals surface area contributed by atoms with E-state index in [0.29, 0.717) is 16.8 Å². The van der Waals surface area contributed by atoms with Gasteiger partial charge in [0.1, 0.15) is 0 Å². The molecular formula is C20H21FN4O3. The summed E-state index contributed by atoms with van der Waals surface area (Å²) in [6.45, 7) is 0. The molecule has 28 heavy (non-hydrogen) atoms. The molecule has 2 heterocycles. The molecule has 2 N–H and O–H groups in total. The van der Waals surface area contributed by atoms with Crippen molar-refractivity contribution in [2.75, 3.05) is 7.05 Å². The van der Waals surface area contributed by atoms with Crippen LogP contribution >= 0.6 is 0 Å². The SMILES string of the molecule is CNC(=O)c1noc(-c2ccc(F)c(O)c2)c1-c1ccnn1C1CCCCC1. The van der Waals surface area contributed by atoms with Crippen molar-refractivity contribution >= 4 is 5.91 Å². The summed E-state index contributed by atoms with van der Waals surface area (Å²) < 4.78 is 20.9. The third-order valence-electron chi connectivity index (χ3n) is 5.19. The highest BCUT2D eigenvalue weighted by Gasteiger charge is 2.29. The second-order valence-corrected chi connectivity index (χ2v) is 6.93. The Bertz CT molecular complexity index is 1000. The second-order valence-electron chi connectivity index (χ2n) is 6.93. The number of hydrogen-bond acceptors (Lipinski definition) is 5. The fourth-order valence-electron chi connectivity index (χ4n) is 3.78. The van der Waals surface area contributed by atoms with Gasteiger partial charge in [0, 0.05) is 18.8 Å². The number of nitrogens with one attached hydrogen (secondary N) is 1. The molecule has 0 spiro atoms. The molecule has 0 aliphatic heterocycles. The molecule has 3 aromatic rings. The van der Waals surface area contributed by atoms with Crippen molar-refractivity contribution in [3.05, 3.63) is 42.0 Å². The maximum absolute atomic E-state index is 13.5. The number of phenols is 1. The first kappa shape index (κ1) is 18.2. The average Bonchev–Trinajstić information content (AvgIpc) is 3.36. The Labute approximate surface area is 161 Å². The van der Waals surface area contributed by atoms with E-state index in [9.17, 15) is 14.3 Å². The van der Waals surface area contributed by atoms with Crippen molar-refractivity contribution in [1.82, 2.24) is 20.3 Å². The minimum absolute atomic E-state index is 0.124. The lowest BCUT2D eigenvalue weighted by molar-refractivity contribution is 0.0954. The number of nitrogens with zero attached hydrogens (tertiary/aromatic N) is 3. The lowest BCUT2D eigenvalue weighted by Crippen LogP contribution is -2.20. The van der Waals surface area contributed by atoms with E-state index in [-0.39, 0.29) is 17.5 Å². The number of halogens is 1. The van der Waals surface area contributed by atoms with Crippen LogP contribution < -0.4 is 5.32 Å². The Kier molecular flexibility index (Phi) is 4.85. The summed E-state index contributed by atoms with van der Waals surface area (Å²) in [6, 6.07) is 5.94. The lowest BCUT2D eigenvalue weighted by Gasteiger charge is -2.24. The number of aromatic hydroxyl groups is 1. The van der Waals surface area contributed by atoms with Crippen LogP contribution in [0, 0.1) is 5.82 Å². The van der Waals surface area contributed by atoms with Crippen LogP contribution in [0.5, 0.6) is 5.75 Å². The zero-order valence-electron chi connectivity index (χ0n) is 15.5. The number of aromatic nitrogens is 3. The molecule has 1 amide bonds. The van der Waals surface area contributed by atoms with E-state index in [2.05, 4.69) is 15.6 Å². The number of carbonyl (C=O) groups is 1. The van der Waals surface area contributed by atoms with Gasteiger partial charge in [0.05, 0.1) is 17.3 Å². The molecular weight excluding hydrogens is 363 g/mol. The molecule has 0 bridgehead atoms. The molecule has 1 saturated carbocycles. The normalized spacial score (nSPS) is 14.9. The molecule has 7 nitrogen and oxygen atoms in total. The van der Waals surface area contributed by atoms with E-state index in [1.165, 1.54) is 25.6 Å². The molecule has 8 heteroatoms. The third-order valence-corrected chi connectivity index (χ3v) is 5.19. The minimum Gasteiger partial charge on any atom is -0.505 e. The topological polar surface area (TPSA) is 93.2 Å². The number of benzene rings is 1. The highest BCUT2D eigenvalue weighted by molar-refractivity contribution is 6.01. The Morgan fingerprint density at radius 3 is 2.79 bits per heavy atom. The lowest BCUT2D eigenvalue weighted by atomic mass is 9.95. The Morgan fingerprint density at radius 1 is 1.29 bits per heavy atom. The molecule has 2 aromatic heterocycles. The summed E-state index contributed by atoms with van der Waals surface area (Å²) in [4.78, 5) is 12.4. The maximum atomic E-state index is 13.5. The summed E-state index contributed by atoms with van der Waals surface area (Å²) in [5.41, 5.74) is 1.74. The first-order chi connectivity index (χ1) is 13.6. The maximum Gasteiger partial charge on any atom is 0.273 e. The third kappa shape index (κ3) is 3.15. The molecule has 0 radical (unpaired) electrons. The van der Waals surface area contributed by atoms with Crippen molar-refractivity contribution in [3.63, 3.8) is 0 Å². The zero-order valence-corrected chi connectivity index (χ0v) is 15.5. The van der Waals surface area contributed by atoms with Crippen molar-refractivity contribution in [2.45, 2.75) is 38.1 Å². The highest BCUT2D eigenvalue weighted by atomic mass is 19.1. The summed E-state index contributed by atoms with van der Waals surface area (Å²) in [6.07, 6.45) is 7.20. The molecule has 0 unspecified atom stereocenters. The zero-order chi connectivity index (χ0) is 19.7. The number of amides is 1. The molecule has 0 atom stereocenters. The molecule has 0 saturated heterocycles. The van der Waals surface area contributed by atoms with Crippen LogP contribution in [0.3, 0.4) is 0 Å². The van der Waals surface area contributed by atoms with E-state index in [4.69, 9.17) is 4.52 Å². The number of hydrogen-bond donors (Lipinski definition) is 2. The van der Waals surface area contributed by atoms with Gasteiger partial charge in [0.15, 0.2) is 23.0 Å². The summed E-state index contributed by atoms with van der Waals surface area (Å²) in [7, 11) is 1.52. The summed E-state index contributed by atoms with van der Waals surface area (Å²) in [5, 5.41) is 20.8. The van der Waals surface area contributed by atoms with Crippen molar-refractivity contribution in [2.24, 2.45) is 0 Å². The monoisotopic (exact) mass is 384 g/mol. The van der Waals surface area contributed by atoms with Gasteiger partial charge in [-0.15, -0.1) is 0 Å². The van der Waals surface area contributed by atoms with Gasteiger partial charge in [-0.1, -0.05) is 24.4 Å². The van der Waals surface area contributed by atoms with Gasteiger partial charge in [0.2, 0.25) is 0 Å². The van der Waals surface area contributed by atoms with E-state index in [1.54, 1.807) is 6.20 Å². The fraction of sp³-hybridized carbons (Fsp3) is 0.350. The van der Waals surface area contributed by atoms with E-state index in [1.807, 2.05) is 10.7 Å². The molecule has 4 rings (SSSR count). The quantitative estimate of drug-likeness (QED) is 0.711. The van der Waals surface area contributed by atoms with Crippen LogP contribution in [-0.2, 0) is 0 Å². The van der Waals surface area contributed by atoms with Gasteiger partial charge in [-0.2, -0.15) is 5.10 Å². The summed E-state index contributed by atoms with van der Waals surface area (Å²) >= 11 is 0. The highest BCUT2D eigenvalue weighted by Crippen LogP contribution is 2.39. The van der Waals surface area contributed by atoms with Crippen molar-refractivity contribution in [1.29, 1.82) is 0 Å². The number of rotatable bonds is 4. The van der Waals surface area contributed by atoms with Crippen LogP contribution in [0.4, 0.5) is 4.39 Å². The number of phenolic OH excluding ortho intramolecular Hbond substituents is 1. The van der Waals surface area contributed by atoms with Crippen molar-refractivity contribution in [3.8, 4) is 28.3 Å². The molecule has 1 fully saturated rings. The second kappa shape index (κ2) is 7.46. The number of carbonyl (C=O) groups excluding carboxylic acids is 1. The molecule has 1 aliphatic carbocycles. The minimum atomic E-state index is -0.733. The van der Waals surface area contributed by atoms with Crippen LogP contribution in [0.2, 0.25) is 0 Å². The van der Waals surface area contributed by atoms with Crippen LogP contribution in [0.1, 0.15) is 48.6 Å². The average molecular weight is 384 g/mol. The van der Waals surface area contributed by atoms with Gasteiger partial charge in [-0.3, -0.25) is 9.48 Å². The molecule has 146 valence electrons. The first-order valence-electron chi connectivity index (χ1n) is 9.34. The van der Waals surface area contributed by atoms with Crippen LogP contribution in [-0.4, -0.2) is 33.0 Å². The van der Waals surface area contributed by atoms with Crippen LogP contribution in [0.15, 0.2) is 35.0 Å². The fourth-order valence-corrected chi connectivity index (χ4v) is 3.78. The summed E-state index contributed by atoms with van der Waals surface area (Å²) in [5.74, 6) is -1.34. The van der Waals surface area contributed by atoms with Crippen molar-refractivity contribution < 1.29 is 18.8 Å². The van der Waals surface area contributed by atoms with Gasteiger partial charge in [-0.25, -0.2) is 4.39 Å². The Hall–Kier alpha value is -3.16. The predicted octanol–water partition coefficient (Wildman–Crippen LogP) is 3.91. The first-order valence-corrected chi connectivity index (χ1v) is 9.34. The predicted molar refractivity (Wildman–Crippen MR) is 100 cm³/mol. The molecule has 1 aromatic carbocycles. The molecule has 1 aliphatic rings. The van der Waals surface area contributed by atoms with Crippen LogP contribution in [0.25, 0.3) is 22.6 Å². The van der Waals surface area contributed by atoms with Gasteiger partial charge >= 0.3 is 0 Å². The standard InChI is InChI=1S/C20H21FN4O3/c1-22-20(27)18-17(15-9-10-23-25(15)13-5-3-2-4-6-13)19(28-24-18)12-7-8-14(21)16(26)11-12/h7-11,13,26H,2-6H2,1H3,(H,22,27). The Morgan fingerprint density at radius 2 is 2.07 bits per heavy atom. The van der Waals surface area contributed by atoms with E-state index >= 15 is 0 Å².